The first-order chi connectivity index (χ1) is 23.0. The molecule has 252 valence electrons. The van der Waals surface area contributed by atoms with Crippen LogP contribution in [0.2, 0.25) is 0 Å². The number of aromatic nitrogens is 2. The molecule has 0 unspecified atom stereocenters. The van der Waals surface area contributed by atoms with Gasteiger partial charge < -0.3 is 26.4 Å². The number of benzene rings is 1. The van der Waals surface area contributed by atoms with Gasteiger partial charge in [0.25, 0.3) is 5.91 Å². The van der Waals surface area contributed by atoms with Crippen LogP contribution < -0.4 is 16.4 Å². The zero-order valence-corrected chi connectivity index (χ0v) is 27.9. The molecule has 0 saturated carbocycles. The van der Waals surface area contributed by atoms with Crippen molar-refractivity contribution in [3.05, 3.63) is 59.6 Å². The van der Waals surface area contributed by atoms with Crippen LogP contribution in [0.4, 0.5) is 4.79 Å². The SMILES string of the molecule is CCN1CCN(C(=O)N[C@@H](C(=O)N[C@@H]2C(=O)N3C(C(=O)O)=C(CSc4cc(SCC(=N)N)ncn4)CS[C@H]23)c2ccccc2)C(=O)C1=O. The summed E-state index contributed by atoms with van der Waals surface area (Å²) in [7, 11) is 0. The Morgan fingerprint density at radius 2 is 1.81 bits per heavy atom. The fourth-order valence-electron chi connectivity index (χ4n) is 5.14. The fraction of sp³-hybridized carbons (Fsp3) is 0.345. The molecular weight excluding hydrogens is 683 g/mol. The molecule has 3 aliphatic rings. The molecule has 19 heteroatoms. The normalized spacial score (nSPS) is 19.8. The average molecular weight is 714 g/mol. The van der Waals surface area contributed by atoms with Crippen LogP contribution in [0.3, 0.4) is 0 Å². The third kappa shape index (κ3) is 7.42. The van der Waals surface area contributed by atoms with Crippen LogP contribution in [0.1, 0.15) is 18.5 Å². The summed E-state index contributed by atoms with van der Waals surface area (Å²) in [5.41, 5.74) is 6.12. The topological polar surface area (TPSA) is 232 Å². The molecule has 0 aliphatic carbocycles. The number of nitrogens with two attached hydrogens (primary N) is 1. The van der Waals surface area contributed by atoms with Crippen molar-refractivity contribution in [1.82, 2.24) is 35.3 Å². The Balaban J connectivity index is 1.27. The first-order valence-electron chi connectivity index (χ1n) is 14.6. The number of amidine groups is 1. The lowest BCUT2D eigenvalue weighted by Crippen LogP contribution is -2.71. The van der Waals surface area contributed by atoms with Crippen LogP contribution in [0, 0.1) is 5.41 Å². The van der Waals surface area contributed by atoms with E-state index >= 15 is 0 Å². The number of β-lactam (4-membered cyclic amide) rings is 1. The number of aliphatic carboxylic acids is 1. The van der Waals surface area contributed by atoms with Gasteiger partial charge in [-0.25, -0.2) is 19.6 Å². The number of carboxylic acid groups (broad SMARTS) is 1. The van der Waals surface area contributed by atoms with Crippen LogP contribution in [-0.2, 0) is 24.0 Å². The summed E-state index contributed by atoms with van der Waals surface area (Å²) in [5, 5.41) is 23.1. The minimum absolute atomic E-state index is 0.00198. The molecule has 3 atom stereocenters. The molecule has 6 N–H and O–H groups in total. The van der Waals surface area contributed by atoms with Crippen molar-refractivity contribution in [2.45, 2.75) is 34.4 Å². The van der Waals surface area contributed by atoms with Crippen molar-refractivity contribution in [2.24, 2.45) is 5.73 Å². The molecular formula is C29H31N9O7S3. The van der Waals surface area contributed by atoms with Gasteiger partial charge in [-0.15, -0.1) is 23.5 Å². The van der Waals surface area contributed by atoms with Gasteiger partial charge >= 0.3 is 23.8 Å². The highest BCUT2D eigenvalue weighted by molar-refractivity contribution is 8.01. The van der Waals surface area contributed by atoms with Crippen LogP contribution in [0.5, 0.6) is 0 Å². The van der Waals surface area contributed by atoms with E-state index in [-0.39, 0.29) is 41.9 Å². The largest absolute Gasteiger partial charge is 0.477 e. The molecule has 3 aliphatic heterocycles. The van der Waals surface area contributed by atoms with Gasteiger partial charge in [0.2, 0.25) is 5.91 Å². The van der Waals surface area contributed by atoms with E-state index in [1.54, 1.807) is 43.3 Å². The number of imide groups is 1. The molecule has 1 aromatic heterocycles. The van der Waals surface area contributed by atoms with E-state index in [4.69, 9.17) is 11.1 Å². The van der Waals surface area contributed by atoms with Crippen molar-refractivity contribution in [2.75, 3.05) is 36.9 Å². The van der Waals surface area contributed by atoms with Gasteiger partial charge in [-0.3, -0.25) is 34.4 Å². The Morgan fingerprint density at radius 3 is 2.48 bits per heavy atom. The third-order valence-corrected chi connectivity index (χ3v) is 10.9. The smallest absolute Gasteiger partial charge is 0.352 e. The number of fused-ring (bicyclic) bond motifs is 1. The molecule has 2 aromatic rings. The second-order valence-electron chi connectivity index (χ2n) is 10.6. The zero-order chi connectivity index (χ0) is 34.5. The molecule has 1 aromatic carbocycles. The number of urea groups is 1. The summed E-state index contributed by atoms with van der Waals surface area (Å²) in [4.78, 5) is 89.1. The quantitative estimate of drug-likeness (QED) is 0.0504. The van der Waals surface area contributed by atoms with E-state index in [2.05, 4.69) is 20.6 Å². The van der Waals surface area contributed by atoms with E-state index < -0.39 is 53.1 Å². The Labute approximate surface area is 287 Å². The molecule has 0 spiro atoms. The maximum Gasteiger partial charge on any atom is 0.352 e. The van der Waals surface area contributed by atoms with E-state index in [1.165, 1.54) is 46.5 Å². The fourth-order valence-corrected chi connectivity index (χ4v) is 8.19. The van der Waals surface area contributed by atoms with E-state index in [0.29, 0.717) is 27.7 Å². The number of piperazine rings is 1. The van der Waals surface area contributed by atoms with Gasteiger partial charge in [0.15, 0.2) is 0 Å². The van der Waals surface area contributed by atoms with Crippen molar-refractivity contribution in [1.29, 1.82) is 5.41 Å². The number of carbonyl (C=O) groups is 6. The second-order valence-corrected chi connectivity index (χ2v) is 13.7. The van der Waals surface area contributed by atoms with Crippen LogP contribution >= 0.6 is 35.3 Å². The number of nitrogens with one attached hydrogen (secondary N) is 3. The summed E-state index contributed by atoms with van der Waals surface area (Å²) >= 11 is 3.83. The minimum Gasteiger partial charge on any atom is -0.477 e. The average Bonchev–Trinajstić information content (AvgIpc) is 3.08. The highest BCUT2D eigenvalue weighted by Crippen LogP contribution is 2.41. The Hall–Kier alpha value is -4.62. The third-order valence-electron chi connectivity index (χ3n) is 7.53. The van der Waals surface area contributed by atoms with Crippen molar-refractivity contribution in [3.8, 4) is 0 Å². The number of thioether (sulfide) groups is 3. The first kappa shape index (κ1) is 34.7. The standard InChI is InChI=1S/C29H31N9O7S3/c1-2-36-8-9-37(26(42)25(36)41)29(45)35-20(15-6-4-3-5-7-15)23(39)34-21-24(40)38-22(28(43)44)16(12-48-27(21)38)11-46-18-10-19(33-14-32-18)47-13-17(30)31/h3-7,10,14,20-21,27H,2,8-9,11-13H2,1H3,(H3,30,31)(H,34,39)(H,35,45)(H,43,44)/t20-,21-,27-/m1/s1. The molecule has 4 heterocycles. The Kier molecular flexibility index (Phi) is 10.9. The maximum atomic E-state index is 13.6. The second kappa shape index (κ2) is 15.1. The van der Waals surface area contributed by atoms with Gasteiger partial charge in [-0.1, -0.05) is 42.1 Å². The summed E-state index contributed by atoms with van der Waals surface area (Å²) in [6.07, 6.45) is 1.37. The number of amides is 6. The van der Waals surface area contributed by atoms with E-state index in [1.807, 2.05) is 0 Å². The number of carbonyl (C=O) groups excluding carboxylic acids is 5. The van der Waals surface area contributed by atoms with Crippen LogP contribution in [-0.4, -0.2) is 120 Å². The zero-order valence-electron chi connectivity index (χ0n) is 25.5. The van der Waals surface area contributed by atoms with Gasteiger partial charge in [-0.2, -0.15) is 0 Å². The highest BCUT2D eigenvalue weighted by atomic mass is 32.2. The number of rotatable bonds is 12. The summed E-state index contributed by atoms with van der Waals surface area (Å²) in [5.74, 6) is -3.73. The molecule has 48 heavy (non-hydrogen) atoms. The minimum atomic E-state index is -1.32. The van der Waals surface area contributed by atoms with Crippen LogP contribution in [0.25, 0.3) is 0 Å². The molecule has 5 rings (SSSR count). The van der Waals surface area contributed by atoms with E-state index in [9.17, 15) is 33.9 Å². The summed E-state index contributed by atoms with van der Waals surface area (Å²) < 4.78 is 0. The first-order valence-corrected chi connectivity index (χ1v) is 17.6. The predicted octanol–water partition coefficient (Wildman–Crippen LogP) is 0.477. The van der Waals surface area contributed by atoms with Crippen molar-refractivity contribution < 1.29 is 33.9 Å². The maximum absolute atomic E-state index is 13.6. The Morgan fingerprint density at radius 1 is 1.10 bits per heavy atom. The monoisotopic (exact) mass is 713 g/mol. The van der Waals surface area contributed by atoms with Gasteiger partial charge in [0.05, 0.1) is 5.75 Å². The van der Waals surface area contributed by atoms with Crippen LogP contribution in [0.15, 0.2) is 64.0 Å². The number of likely N-dealkylation sites (N-methyl/N-ethyl adjacent to an activating group) is 1. The van der Waals surface area contributed by atoms with Crippen molar-refractivity contribution >= 4 is 76.8 Å². The molecule has 2 saturated heterocycles. The van der Waals surface area contributed by atoms with E-state index in [0.717, 1.165) is 9.80 Å². The number of carboxylic acids is 1. The molecule has 6 amide bonds. The lowest BCUT2D eigenvalue weighted by molar-refractivity contribution is -0.153. The van der Waals surface area contributed by atoms with Crippen molar-refractivity contribution in [3.63, 3.8) is 0 Å². The molecule has 2 fully saturated rings. The predicted molar refractivity (Wildman–Crippen MR) is 177 cm³/mol. The highest BCUT2D eigenvalue weighted by Gasteiger charge is 2.54. The number of hydrogen-bond acceptors (Lipinski definition) is 12. The number of nitrogens with zero attached hydrogens (tertiary/aromatic N) is 5. The number of hydrogen-bond donors (Lipinski definition) is 5. The summed E-state index contributed by atoms with van der Waals surface area (Å²) in [6, 6.07) is 6.57. The molecule has 0 radical (unpaired) electrons. The molecule has 0 bridgehead atoms. The lowest BCUT2D eigenvalue weighted by atomic mass is 10.0. The molecule has 16 nitrogen and oxygen atoms in total. The lowest BCUT2D eigenvalue weighted by Gasteiger charge is -2.49. The van der Waals surface area contributed by atoms with Gasteiger partial charge in [0, 0.05) is 37.2 Å². The summed E-state index contributed by atoms with van der Waals surface area (Å²) in [6.45, 7) is 2.13. The van der Waals surface area contributed by atoms with Gasteiger partial charge in [-0.05, 0) is 18.1 Å². The Bertz CT molecular complexity index is 1690. The van der Waals surface area contributed by atoms with Gasteiger partial charge in [0.1, 0.15) is 45.4 Å².